The highest BCUT2D eigenvalue weighted by Crippen LogP contribution is 2.26. The van der Waals surface area contributed by atoms with Crippen LogP contribution in [0.3, 0.4) is 0 Å². The maximum Gasteiger partial charge on any atom is 0.257 e. The van der Waals surface area contributed by atoms with Crippen LogP contribution in [-0.4, -0.2) is 11.8 Å². The van der Waals surface area contributed by atoms with Gasteiger partial charge in [0.15, 0.2) is 0 Å². The van der Waals surface area contributed by atoms with E-state index in [1.54, 1.807) is 24.3 Å². The number of nitrogens with one attached hydrogen (secondary N) is 1. The number of rotatable bonds is 3. The van der Waals surface area contributed by atoms with E-state index >= 15 is 0 Å². The number of imide groups is 1. The molecule has 0 atom stereocenters. The van der Waals surface area contributed by atoms with Crippen molar-refractivity contribution in [3.05, 3.63) is 35.9 Å². The van der Waals surface area contributed by atoms with Crippen molar-refractivity contribution in [3.8, 4) is 0 Å². The molecule has 0 aliphatic heterocycles. The number of amides is 2. The fourth-order valence-electron chi connectivity index (χ4n) is 2.49. The van der Waals surface area contributed by atoms with Crippen LogP contribution < -0.4 is 5.32 Å². The van der Waals surface area contributed by atoms with Gasteiger partial charge >= 0.3 is 0 Å². The zero-order valence-electron chi connectivity index (χ0n) is 10.5. The van der Waals surface area contributed by atoms with Gasteiger partial charge in [0, 0.05) is 12.0 Å². The fourth-order valence-corrected chi connectivity index (χ4v) is 2.49. The molecule has 96 valence electrons. The van der Waals surface area contributed by atoms with Crippen LogP contribution in [0.15, 0.2) is 30.3 Å². The minimum atomic E-state index is -0.295. The summed E-state index contributed by atoms with van der Waals surface area (Å²) in [7, 11) is 0. The van der Waals surface area contributed by atoms with E-state index in [0.717, 1.165) is 12.8 Å². The lowest BCUT2D eigenvalue weighted by Crippen LogP contribution is -2.32. The molecule has 2 rings (SSSR count). The summed E-state index contributed by atoms with van der Waals surface area (Å²) in [5, 5.41) is 2.47. The SMILES string of the molecule is O=C(CC1CCCCC1)NC(=O)c1ccccc1. The highest BCUT2D eigenvalue weighted by molar-refractivity contribution is 6.04. The van der Waals surface area contributed by atoms with Crippen molar-refractivity contribution in [2.75, 3.05) is 0 Å². The lowest BCUT2D eigenvalue weighted by atomic mass is 9.87. The zero-order valence-corrected chi connectivity index (χ0v) is 10.5. The first kappa shape index (κ1) is 12.8. The van der Waals surface area contributed by atoms with Gasteiger partial charge in [-0.25, -0.2) is 0 Å². The van der Waals surface area contributed by atoms with Crippen molar-refractivity contribution in [2.24, 2.45) is 5.92 Å². The molecule has 0 heterocycles. The first-order valence-corrected chi connectivity index (χ1v) is 6.65. The molecule has 1 saturated carbocycles. The Balaban J connectivity index is 1.82. The van der Waals surface area contributed by atoms with Crippen molar-refractivity contribution in [3.63, 3.8) is 0 Å². The topological polar surface area (TPSA) is 46.2 Å². The molecule has 18 heavy (non-hydrogen) atoms. The molecule has 0 aromatic heterocycles. The third-order valence-electron chi connectivity index (χ3n) is 3.49. The second-order valence-electron chi connectivity index (χ2n) is 4.95. The van der Waals surface area contributed by atoms with Crippen LogP contribution >= 0.6 is 0 Å². The Morgan fingerprint density at radius 2 is 1.72 bits per heavy atom. The van der Waals surface area contributed by atoms with Crippen LogP contribution in [0.1, 0.15) is 48.9 Å². The largest absolute Gasteiger partial charge is 0.292 e. The lowest BCUT2D eigenvalue weighted by Gasteiger charge is -2.20. The van der Waals surface area contributed by atoms with Crippen LogP contribution in [0.2, 0.25) is 0 Å². The molecule has 0 unspecified atom stereocenters. The average Bonchev–Trinajstić information content (AvgIpc) is 2.40. The molecule has 1 aliphatic rings. The second-order valence-corrected chi connectivity index (χ2v) is 4.95. The minimum Gasteiger partial charge on any atom is -0.292 e. The molecule has 1 N–H and O–H groups in total. The Labute approximate surface area is 108 Å². The van der Waals surface area contributed by atoms with E-state index < -0.39 is 0 Å². The number of carbonyl (C=O) groups excluding carboxylic acids is 2. The van der Waals surface area contributed by atoms with Gasteiger partial charge in [-0.1, -0.05) is 37.5 Å². The molecule has 1 aromatic rings. The lowest BCUT2D eigenvalue weighted by molar-refractivity contribution is -0.121. The smallest absolute Gasteiger partial charge is 0.257 e. The summed E-state index contributed by atoms with van der Waals surface area (Å²) in [6.07, 6.45) is 6.43. The Morgan fingerprint density at radius 1 is 1.06 bits per heavy atom. The highest BCUT2D eigenvalue weighted by atomic mass is 16.2. The van der Waals surface area contributed by atoms with E-state index in [1.165, 1.54) is 19.3 Å². The van der Waals surface area contributed by atoms with Crippen molar-refractivity contribution < 1.29 is 9.59 Å². The van der Waals surface area contributed by atoms with Crippen molar-refractivity contribution in [1.29, 1.82) is 0 Å². The molecule has 3 heteroatoms. The third kappa shape index (κ3) is 3.69. The molecule has 1 aromatic carbocycles. The number of carbonyl (C=O) groups is 2. The second kappa shape index (κ2) is 6.34. The van der Waals surface area contributed by atoms with Crippen molar-refractivity contribution in [2.45, 2.75) is 38.5 Å². The van der Waals surface area contributed by atoms with Crippen LogP contribution in [-0.2, 0) is 4.79 Å². The van der Waals surface area contributed by atoms with Crippen molar-refractivity contribution >= 4 is 11.8 Å². The van der Waals surface area contributed by atoms with E-state index in [1.807, 2.05) is 6.07 Å². The quantitative estimate of drug-likeness (QED) is 0.890. The predicted molar refractivity (Wildman–Crippen MR) is 70.1 cm³/mol. The van der Waals surface area contributed by atoms with Gasteiger partial charge in [0.05, 0.1) is 0 Å². The average molecular weight is 245 g/mol. The van der Waals surface area contributed by atoms with Gasteiger partial charge in [0.2, 0.25) is 5.91 Å². The molecule has 1 aliphatic carbocycles. The van der Waals surface area contributed by atoms with Crippen LogP contribution in [0.4, 0.5) is 0 Å². The van der Waals surface area contributed by atoms with Crippen LogP contribution in [0.25, 0.3) is 0 Å². The van der Waals surface area contributed by atoms with Gasteiger partial charge in [0.1, 0.15) is 0 Å². The molecule has 3 nitrogen and oxygen atoms in total. The molecule has 0 radical (unpaired) electrons. The summed E-state index contributed by atoms with van der Waals surface area (Å²) in [5.74, 6) is 0.0227. The Bertz CT molecular complexity index is 408. The molecular weight excluding hydrogens is 226 g/mol. The summed E-state index contributed by atoms with van der Waals surface area (Å²) < 4.78 is 0. The summed E-state index contributed by atoms with van der Waals surface area (Å²) in [4.78, 5) is 23.5. The maximum atomic E-state index is 11.8. The van der Waals surface area contributed by atoms with E-state index in [-0.39, 0.29) is 11.8 Å². The van der Waals surface area contributed by atoms with E-state index in [2.05, 4.69) is 5.32 Å². The van der Waals surface area contributed by atoms with Gasteiger partial charge in [-0.05, 0) is 30.9 Å². The van der Waals surface area contributed by atoms with Crippen LogP contribution in [0, 0.1) is 5.92 Å². The van der Waals surface area contributed by atoms with Gasteiger partial charge in [0.25, 0.3) is 5.91 Å². The fraction of sp³-hybridized carbons (Fsp3) is 0.467. The van der Waals surface area contributed by atoms with E-state index in [0.29, 0.717) is 17.9 Å². The first-order chi connectivity index (χ1) is 8.75. The number of hydrogen-bond donors (Lipinski definition) is 1. The van der Waals surface area contributed by atoms with Gasteiger partial charge in [-0.3, -0.25) is 14.9 Å². The Hall–Kier alpha value is -1.64. The summed E-state index contributed by atoms with van der Waals surface area (Å²) in [6, 6.07) is 8.86. The van der Waals surface area contributed by atoms with E-state index in [9.17, 15) is 9.59 Å². The molecule has 1 fully saturated rings. The molecule has 0 spiro atoms. The Kier molecular flexibility index (Phi) is 4.51. The highest BCUT2D eigenvalue weighted by Gasteiger charge is 2.18. The molecular formula is C15H19NO2. The summed E-state index contributed by atoms with van der Waals surface area (Å²) in [6.45, 7) is 0. The number of benzene rings is 1. The van der Waals surface area contributed by atoms with Crippen molar-refractivity contribution in [1.82, 2.24) is 5.32 Å². The van der Waals surface area contributed by atoms with Gasteiger partial charge in [-0.2, -0.15) is 0 Å². The van der Waals surface area contributed by atoms with Crippen LogP contribution in [0.5, 0.6) is 0 Å². The van der Waals surface area contributed by atoms with Gasteiger partial charge in [-0.15, -0.1) is 0 Å². The zero-order chi connectivity index (χ0) is 12.8. The summed E-state index contributed by atoms with van der Waals surface area (Å²) in [5.41, 5.74) is 0.537. The maximum absolute atomic E-state index is 11.8. The van der Waals surface area contributed by atoms with Gasteiger partial charge < -0.3 is 0 Å². The predicted octanol–water partition coefficient (Wildman–Crippen LogP) is 2.91. The minimum absolute atomic E-state index is 0.143. The normalized spacial score (nSPS) is 16.2. The van der Waals surface area contributed by atoms with E-state index in [4.69, 9.17) is 0 Å². The summed E-state index contributed by atoms with van der Waals surface area (Å²) >= 11 is 0. The first-order valence-electron chi connectivity index (χ1n) is 6.65. The standard InChI is InChI=1S/C15H19NO2/c17-14(11-12-7-3-1-4-8-12)16-15(18)13-9-5-2-6-10-13/h2,5-6,9-10,12H,1,3-4,7-8,11H2,(H,16,17,18). The third-order valence-corrected chi connectivity index (χ3v) is 3.49. The molecule has 2 amide bonds. The number of hydrogen-bond acceptors (Lipinski definition) is 2. The molecule has 0 bridgehead atoms. The monoisotopic (exact) mass is 245 g/mol. The Morgan fingerprint density at radius 3 is 2.39 bits per heavy atom. The molecule has 0 saturated heterocycles.